The molecule has 0 saturated carbocycles. The van der Waals surface area contributed by atoms with Gasteiger partial charge in [-0.2, -0.15) is 5.10 Å². The first kappa shape index (κ1) is 22.9. The second-order valence-corrected chi connectivity index (χ2v) is 6.69. The van der Waals surface area contributed by atoms with Crippen molar-refractivity contribution < 1.29 is 33.3 Å². The van der Waals surface area contributed by atoms with Gasteiger partial charge in [0.15, 0.2) is 22.8 Å². The SMILES string of the molecule is CCOc1cc(C=N/N=C2/NC(=O)/C(=C\C(=O)OC)S2)ccc1OC(C)C(=O)OC. The lowest BCUT2D eigenvalue weighted by atomic mass is 10.2. The van der Waals surface area contributed by atoms with Gasteiger partial charge in [-0.25, -0.2) is 9.59 Å². The third-order valence-corrected chi connectivity index (χ3v) is 4.46. The van der Waals surface area contributed by atoms with Crippen molar-refractivity contribution in [3.05, 3.63) is 34.7 Å². The van der Waals surface area contributed by atoms with Crippen molar-refractivity contribution in [2.24, 2.45) is 10.2 Å². The maximum atomic E-state index is 11.8. The van der Waals surface area contributed by atoms with E-state index in [4.69, 9.17) is 9.47 Å². The number of hydrogen-bond donors (Lipinski definition) is 1. The number of carbonyl (C=O) groups is 3. The van der Waals surface area contributed by atoms with E-state index in [1.807, 2.05) is 6.92 Å². The molecule has 0 spiro atoms. The van der Waals surface area contributed by atoms with E-state index < -0.39 is 23.9 Å². The fourth-order valence-corrected chi connectivity index (χ4v) is 2.90. The number of benzene rings is 1. The van der Waals surface area contributed by atoms with Crippen LogP contribution >= 0.6 is 11.8 Å². The molecule has 1 amide bonds. The zero-order valence-electron chi connectivity index (χ0n) is 16.8. The smallest absolute Gasteiger partial charge is 0.346 e. The third kappa shape index (κ3) is 6.34. The second-order valence-electron chi connectivity index (χ2n) is 5.66. The maximum absolute atomic E-state index is 11.8. The minimum atomic E-state index is -0.796. The topological polar surface area (TPSA) is 125 Å². The number of nitrogens with zero attached hydrogens (tertiary/aromatic N) is 2. The Labute approximate surface area is 177 Å². The van der Waals surface area contributed by atoms with Crippen LogP contribution in [-0.2, 0) is 23.9 Å². The molecule has 1 atom stereocenters. The van der Waals surface area contributed by atoms with Gasteiger partial charge in [-0.3, -0.25) is 10.1 Å². The van der Waals surface area contributed by atoms with E-state index in [-0.39, 0.29) is 10.1 Å². The minimum absolute atomic E-state index is 0.163. The summed E-state index contributed by atoms with van der Waals surface area (Å²) in [4.78, 5) is 34.7. The van der Waals surface area contributed by atoms with Crippen LogP contribution in [0.25, 0.3) is 0 Å². The normalized spacial score (nSPS) is 17.1. The zero-order chi connectivity index (χ0) is 22.1. The van der Waals surface area contributed by atoms with E-state index in [2.05, 4.69) is 25.0 Å². The second kappa shape index (κ2) is 11.0. The van der Waals surface area contributed by atoms with Crippen LogP contribution in [0.4, 0.5) is 0 Å². The highest BCUT2D eigenvalue weighted by molar-refractivity contribution is 8.18. The van der Waals surface area contributed by atoms with Gasteiger partial charge in [0.25, 0.3) is 5.91 Å². The zero-order valence-corrected chi connectivity index (χ0v) is 17.6. The first-order valence-electron chi connectivity index (χ1n) is 8.79. The number of rotatable bonds is 8. The maximum Gasteiger partial charge on any atom is 0.346 e. The summed E-state index contributed by atoms with van der Waals surface area (Å²) in [5.41, 5.74) is 0.653. The molecule has 0 aromatic heterocycles. The summed E-state index contributed by atoms with van der Waals surface area (Å²) in [7, 11) is 2.51. The fourth-order valence-electron chi connectivity index (χ4n) is 2.16. The third-order valence-electron chi connectivity index (χ3n) is 3.56. The molecular formula is C19H21N3O7S. The number of amidine groups is 1. The Morgan fingerprint density at radius 1 is 1.23 bits per heavy atom. The lowest BCUT2D eigenvalue weighted by Crippen LogP contribution is -2.25. The van der Waals surface area contributed by atoms with Crippen LogP contribution in [0.15, 0.2) is 39.4 Å². The molecule has 10 nitrogen and oxygen atoms in total. The van der Waals surface area contributed by atoms with Gasteiger partial charge in [0.05, 0.1) is 31.9 Å². The molecule has 1 N–H and O–H groups in total. The highest BCUT2D eigenvalue weighted by Gasteiger charge is 2.25. The lowest BCUT2D eigenvalue weighted by Gasteiger charge is -2.16. The number of carbonyl (C=O) groups excluding carboxylic acids is 3. The molecular weight excluding hydrogens is 414 g/mol. The van der Waals surface area contributed by atoms with Gasteiger partial charge in [0.2, 0.25) is 0 Å². The van der Waals surface area contributed by atoms with Crippen LogP contribution in [-0.4, -0.2) is 56.2 Å². The van der Waals surface area contributed by atoms with Crippen LogP contribution in [0, 0.1) is 0 Å². The summed E-state index contributed by atoms with van der Waals surface area (Å²) >= 11 is 0.970. The van der Waals surface area contributed by atoms with Crippen molar-refractivity contribution in [3.8, 4) is 11.5 Å². The van der Waals surface area contributed by atoms with E-state index in [9.17, 15) is 14.4 Å². The Bertz CT molecular complexity index is 911. The lowest BCUT2D eigenvalue weighted by molar-refractivity contribution is -0.148. The summed E-state index contributed by atoms with van der Waals surface area (Å²) in [6.45, 7) is 3.78. The quantitative estimate of drug-likeness (QED) is 0.283. The Balaban J connectivity index is 2.12. The molecule has 160 valence electrons. The van der Waals surface area contributed by atoms with Gasteiger partial charge in [0, 0.05) is 6.08 Å². The number of amides is 1. The summed E-state index contributed by atoms with van der Waals surface area (Å²) in [6.07, 6.45) is 1.74. The molecule has 0 radical (unpaired) electrons. The molecule has 1 saturated heterocycles. The van der Waals surface area contributed by atoms with Gasteiger partial charge < -0.3 is 18.9 Å². The predicted molar refractivity (Wildman–Crippen MR) is 111 cm³/mol. The number of hydrogen-bond acceptors (Lipinski definition) is 10. The van der Waals surface area contributed by atoms with Crippen molar-refractivity contribution in [2.75, 3.05) is 20.8 Å². The predicted octanol–water partition coefficient (Wildman–Crippen LogP) is 1.64. The highest BCUT2D eigenvalue weighted by Crippen LogP contribution is 2.29. The van der Waals surface area contributed by atoms with Gasteiger partial charge in [-0.1, -0.05) is 0 Å². The molecule has 30 heavy (non-hydrogen) atoms. The molecule has 1 aliphatic rings. The van der Waals surface area contributed by atoms with Crippen LogP contribution in [0.3, 0.4) is 0 Å². The first-order chi connectivity index (χ1) is 14.4. The average molecular weight is 435 g/mol. The van der Waals surface area contributed by atoms with E-state index in [1.165, 1.54) is 20.4 Å². The number of nitrogens with one attached hydrogen (secondary N) is 1. The van der Waals surface area contributed by atoms with E-state index in [0.717, 1.165) is 17.8 Å². The van der Waals surface area contributed by atoms with Gasteiger partial charge in [-0.15, -0.1) is 5.10 Å². The highest BCUT2D eigenvalue weighted by atomic mass is 32.2. The largest absolute Gasteiger partial charge is 0.490 e. The van der Waals surface area contributed by atoms with Crippen LogP contribution < -0.4 is 14.8 Å². The Kier molecular flexibility index (Phi) is 8.41. The van der Waals surface area contributed by atoms with Gasteiger partial charge in [0.1, 0.15) is 0 Å². The monoisotopic (exact) mass is 435 g/mol. The number of esters is 2. The molecule has 0 bridgehead atoms. The standard InChI is InChI=1S/C19H21N3O7S/c1-5-28-14-8-12(6-7-13(14)29-11(2)18(25)27-4)10-20-22-19-21-17(24)15(30-19)9-16(23)26-3/h6-11H,5H2,1-4H3,(H,21,22,24)/b15-9+,20-10?. The summed E-state index contributed by atoms with van der Waals surface area (Å²) in [5, 5.41) is 10.6. The number of methoxy groups -OCH3 is 2. The Morgan fingerprint density at radius 2 is 2.00 bits per heavy atom. The molecule has 1 unspecified atom stereocenters. The molecule has 1 heterocycles. The summed E-state index contributed by atoms with van der Waals surface area (Å²) in [5.74, 6) is -0.786. The van der Waals surface area contributed by atoms with E-state index >= 15 is 0 Å². The van der Waals surface area contributed by atoms with Crippen molar-refractivity contribution in [1.82, 2.24) is 5.32 Å². The van der Waals surface area contributed by atoms with Crippen molar-refractivity contribution in [2.45, 2.75) is 20.0 Å². The molecule has 2 rings (SSSR count). The van der Waals surface area contributed by atoms with Crippen LogP contribution in [0.5, 0.6) is 11.5 Å². The Morgan fingerprint density at radius 3 is 2.67 bits per heavy atom. The van der Waals surface area contributed by atoms with Gasteiger partial charge in [-0.05, 0) is 49.4 Å². The molecule has 11 heteroatoms. The first-order valence-corrected chi connectivity index (χ1v) is 9.60. The minimum Gasteiger partial charge on any atom is -0.490 e. The molecule has 0 aliphatic carbocycles. The molecule has 1 aromatic carbocycles. The fraction of sp³-hybridized carbons (Fsp3) is 0.316. The van der Waals surface area contributed by atoms with Crippen LogP contribution in [0.2, 0.25) is 0 Å². The summed E-state index contributed by atoms with van der Waals surface area (Å²) < 4.78 is 20.3. The van der Waals surface area contributed by atoms with Crippen molar-refractivity contribution in [1.29, 1.82) is 0 Å². The number of ether oxygens (including phenoxy) is 4. The van der Waals surface area contributed by atoms with Gasteiger partial charge >= 0.3 is 11.9 Å². The molecule has 1 fully saturated rings. The van der Waals surface area contributed by atoms with Crippen molar-refractivity contribution in [3.63, 3.8) is 0 Å². The molecule has 1 aliphatic heterocycles. The molecule has 1 aromatic rings. The van der Waals surface area contributed by atoms with E-state index in [0.29, 0.717) is 23.7 Å². The van der Waals surface area contributed by atoms with Crippen molar-refractivity contribution >= 4 is 41.0 Å². The average Bonchev–Trinajstić information content (AvgIpc) is 3.08. The van der Waals surface area contributed by atoms with E-state index in [1.54, 1.807) is 25.1 Å². The Hall–Kier alpha value is -3.34. The summed E-state index contributed by atoms with van der Waals surface area (Å²) in [6, 6.07) is 5.02. The van der Waals surface area contributed by atoms with Crippen LogP contribution in [0.1, 0.15) is 19.4 Å². The number of thioether (sulfide) groups is 1.